The first kappa shape index (κ1) is 12.5. The number of carboxylic acid groups (broad SMARTS) is 1. The minimum absolute atomic E-state index is 0.113. The molecule has 0 spiro atoms. The highest BCUT2D eigenvalue weighted by Gasteiger charge is 2.17. The second-order valence-corrected chi connectivity index (χ2v) is 3.58. The zero-order chi connectivity index (χ0) is 11.2. The summed E-state index contributed by atoms with van der Waals surface area (Å²) in [4.78, 5) is 21.1. The summed E-state index contributed by atoms with van der Waals surface area (Å²) in [6, 6.07) is 0. The van der Waals surface area contributed by atoms with Crippen LogP contribution in [0.2, 0.25) is 0 Å². The van der Waals surface area contributed by atoms with Crippen molar-refractivity contribution in [1.29, 1.82) is 0 Å². The van der Waals surface area contributed by atoms with Crippen molar-refractivity contribution in [3.05, 3.63) is 0 Å². The van der Waals surface area contributed by atoms with Crippen molar-refractivity contribution in [1.82, 2.24) is 0 Å². The molecule has 1 N–H and O–H groups in total. The molecule has 4 nitrogen and oxygen atoms in total. The summed E-state index contributed by atoms with van der Waals surface area (Å²) in [5.41, 5.74) is -0.501. The Balaban J connectivity index is 3.76. The van der Waals surface area contributed by atoms with Gasteiger partial charge in [-0.2, -0.15) is 0 Å². The number of carbonyl (C=O) groups is 2. The van der Waals surface area contributed by atoms with Crippen molar-refractivity contribution in [3.63, 3.8) is 0 Å². The van der Waals surface area contributed by atoms with E-state index in [-0.39, 0.29) is 19.4 Å². The molecule has 0 aliphatic carbocycles. The molecule has 78 valence electrons. The summed E-state index contributed by atoms with van der Waals surface area (Å²) >= 11 is 0. The smallest absolute Gasteiger partial charge is 0.306 e. The van der Waals surface area contributed by atoms with Gasteiger partial charge in [0.2, 0.25) is 0 Å². The second kappa shape index (κ2) is 5.28. The van der Waals surface area contributed by atoms with Gasteiger partial charge in [0.1, 0.15) is 6.61 Å². The van der Waals surface area contributed by atoms with E-state index < -0.39 is 17.4 Å². The van der Waals surface area contributed by atoms with Gasteiger partial charge in [-0.15, -0.1) is 6.42 Å². The van der Waals surface area contributed by atoms with Gasteiger partial charge in [-0.3, -0.25) is 9.59 Å². The van der Waals surface area contributed by atoms with Gasteiger partial charge in [0, 0.05) is 0 Å². The number of hydrogen-bond donors (Lipinski definition) is 1. The largest absolute Gasteiger partial charge is 0.481 e. The van der Waals surface area contributed by atoms with Gasteiger partial charge in [0.05, 0.1) is 18.3 Å². The van der Waals surface area contributed by atoms with E-state index in [1.165, 1.54) is 0 Å². The van der Waals surface area contributed by atoms with Crippen LogP contribution in [0.15, 0.2) is 0 Å². The number of carbonyl (C=O) groups excluding carboxylic acids is 1. The van der Waals surface area contributed by atoms with Crippen LogP contribution in [0.25, 0.3) is 0 Å². The first-order valence-corrected chi connectivity index (χ1v) is 4.22. The standard InChI is InChI=1S/C10H14O4/c1-4-10(2,3)7-14-9(13)6-5-8(11)12/h1H,5-7H2,2-3H3,(H,11,12). The number of aliphatic carboxylic acids is 1. The van der Waals surface area contributed by atoms with E-state index >= 15 is 0 Å². The molecule has 0 atom stereocenters. The minimum Gasteiger partial charge on any atom is -0.481 e. The molecule has 0 aromatic rings. The zero-order valence-corrected chi connectivity index (χ0v) is 8.37. The van der Waals surface area contributed by atoms with Crippen LogP contribution in [0.3, 0.4) is 0 Å². The van der Waals surface area contributed by atoms with Crippen molar-refractivity contribution in [2.75, 3.05) is 6.61 Å². The Morgan fingerprint density at radius 2 is 2.00 bits per heavy atom. The number of rotatable bonds is 5. The van der Waals surface area contributed by atoms with Gasteiger partial charge in [-0.1, -0.05) is 5.92 Å². The fourth-order valence-corrected chi connectivity index (χ4v) is 0.584. The lowest BCUT2D eigenvalue weighted by Gasteiger charge is -2.16. The summed E-state index contributed by atoms with van der Waals surface area (Å²) < 4.78 is 4.80. The predicted octanol–water partition coefficient (Wildman–Crippen LogP) is 1.05. The van der Waals surface area contributed by atoms with Gasteiger partial charge in [-0.05, 0) is 13.8 Å². The van der Waals surface area contributed by atoms with E-state index in [1.807, 2.05) is 0 Å². The SMILES string of the molecule is C#CC(C)(C)COC(=O)CCC(=O)O. The molecule has 0 radical (unpaired) electrons. The molecular formula is C10H14O4. The van der Waals surface area contributed by atoms with E-state index in [9.17, 15) is 9.59 Å². The van der Waals surface area contributed by atoms with E-state index in [0.29, 0.717) is 0 Å². The maximum Gasteiger partial charge on any atom is 0.306 e. The van der Waals surface area contributed by atoms with E-state index in [0.717, 1.165) is 0 Å². The third-order valence-corrected chi connectivity index (χ3v) is 1.53. The lowest BCUT2D eigenvalue weighted by molar-refractivity contribution is -0.149. The summed E-state index contributed by atoms with van der Waals surface area (Å²) in [6.07, 6.45) is 4.85. The van der Waals surface area contributed by atoms with Crippen LogP contribution >= 0.6 is 0 Å². The van der Waals surface area contributed by atoms with Gasteiger partial charge in [0.15, 0.2) is 0 Å². The van der Waals surface area contributed by atoms with Crippen LogP contribution in [-0.4, -0.2) is 23.7 Å². The molecule has 0 fully saturated rings. The van der Waals surface area contributed by atoms with Crippen molar-refractivity contribution >= 4 is 11.9 Å². The number of carboxylic acids is 1. The maximum atomic E-state index is 11.0. The van der Waals surface area contributed by atoms with Gasteiger partial charge in [0.25, 0.3) is 0 Å². The Hall–Kier alpha value is -1.50. The number of ether oxygens (including phenoxy) is 1. The molecule has 0 heterocycles. The average Bonchev–Trinajstić information content (AvgIpc) is 2.11. The fraction of sp³-hybridized carbons (Fsp3) is 0.600. The van der Waals surface area contributed by atoms with Crippen LogP contribution in [0.4, 0.5) is 0 Å². The van der Waals surface area contributed by atoms with Crippen molar-refractivity contribution < 1.29 is 19.4 Å². The highest BCUT2D eigenvalue weighted by Crippen LogP contribution is 2.13. The molecule has 0 aliphatic rings. The highest BCUT2D eigenvalue weighted by molar-refractivity contribution is 5.76. The molecule has 0 saturated heterocycles. The number of terminal acetylenes is 1. The zero-order valence-electron chi connectivity index (χ0n) is 8.37. The van der Waals surface area contributed by atoms with E-state index in [2.05, 4.69) is 5.92 Å². The number of esters is 1. The predicted molar refractivity (Wildman–Crippen MR) is 50.4 cm³/mol. The molecule has 0 aromatic heterocycles. The average molecular weight is 198 g/mol. The summed E-state index contributed by atoms with van der Waals surface area (Å²) in [5, 5.41) is 8.30. The Morgan fingerprint density at radius 3 is 2.43 bits per heavy atom. The minimum atomic E-state index is -1.02. The lowest BCUT2D eigenvalue weighted by Crippen LogP contribution is -2.20. The Kier molecular flexibility index (Phi) is 4.71. The molecule has 0 aromatic carbocycles. The molecule has 0 unspecified atom stereocenters. The van der Waals surface area contributed by atoms with Crippen molar-refractivity contribution in [3.8, 4) is 12.3 Å². The quantitative estimate of drug-likeness (QED) is 0.530. The van der Waals surface area contributed by atoms with Crippen molar-refractivity contribution in [2.45, 2.75) is 26.7 Å². The second-order valence-electron chi connectivity index (χ2n) is 3.58. The summed E-state index contributed by atoms with van der Waals surface area (Å²) in [6.45, 7) is 3.64. The molecule has 0 bridgehead atoms. The van der Waals surface area contributed by atoms with E-state index in [4.69, 9.17) is 16.3 Å². The Morgan fingerprint density at radius 1 is 1.43 bits per heavy atom. The lowest BCUT2D eigenvalue weighted by atomic mass is 9.97. The first-order chi connectivity index (χ1) is 6.37. The molecule has 14 heavy (non-hydrogen) atoms. The first-order valence-electron chi connectivity index (χ1n) is 4.22. The van der Waals surface area contributed by atoms with Gasteiger partial charge in [-0.25, -0.2) is 0 Å². The van der Waals surface area contributed by atoms with Crippen LogP contribution < -0.4 is 0 Å². The highest BCUT2D eigenvalue weighted by atomic mass is 16.5. The van der Waals surface area contributed by atoms with Gasteiger partial charge < -0.3 is 9.84 Å². The van der Waals surface area contributed by atoms with Crippen LogP contribution in [0.1, 0.15) is 26.7 Å². The normalized spacial score (nSPS) is 10.4. The third-order valence-electron chi connectivity index (χ3n) is 1.53. The molecule has 0 amide bonds. The third kappa shape index (κ3) is 6.06. The molecular weight excluding hydrogens is 184 g/mol. The van der Waals surface area contributed by atoms with Crippen LogP contribution in [-0.2, 0) is 14.3 Å². The Bertz CT molecular complexity index is 260. The van der Waals surface area contributed by atoms with E-state index in [1.54, 1.807) is 13.8 Å². The van der Waals surface area contributed by atoms with Crippen LogP contribution in [0, 0.1) is 17.8 Å². The molecule has 0 saturated carbocycles. The fourth-order valence-electron chi connectivity index (χ4n) is 0.584. The number of hydrogen-bond acceptors (Lipinski definition) is 3. The Labute approximate surface area is 83.3 Å². The summed E-state index contributed by atoms with van der Waals surface area (Å²) in [5.74, 6) is 0.921. The maximum absolute atomic E-state index is 11.0. The molecule has 0 rings (SSSR count). The van der Waals surface area contributed by atoms with Gasteiger partial charge >= 0.3 is 11.9 Å². The summed E-state index contributed by atoms with van der Waals surface area (Å²) in [7, 11) is 0. The molecule has 0 aliphatic heterocycles. The van der Waals surface area contributed by atoms with Crippen molar-refractivity contribution in [2.24, 2.45) is 5.41 Å². The van der Waals surface area contributed by atoms with Crippen LogP contribution in [0.5, 0.6) is 0 Å². The monoisotopic (exact) mass is 198 g/mol. The molecule has 4 heteroatoms. The topological polar surface area (TPSA) is 63.6 Å².